The molecule has 2 heteroatoms. The lowest BCUT2D eigenvalue weighted by atomic mass is 9.90. The standard InChI is InChI=1S/C12H18ClN/c1-4-12(9(2)14-3)10-6-5-7-11(13)8-10/h5-9,12,14H,4H2,1-3H3. The highest BCUT2D eigenvalue weighted by Gasteiger charge is 2.15. The van der Waals surface area contributed by atoms with Gasteiger partial charge in [-0.05, 0) is 44.0 Å². The molecule has 1 rings (SSSR count). The van der Waals surface area contributed by atoms with Gasteiger partial charge in [0.1, 0.15) is 0 Å². The molecule has 1 N–H and O–H groups in total. The van der Waals surface area contributed by atoms with Crippen molar-refractivity contribution in [1.29, 1.82) is 0 Å². The smallest absolute Gasteiger partial charge is 0.0408 e. The lowest BCUT2D eigenvalue weighted by Gasteiger charge is -2.22. The lowest BCUT2D eigenvalue weighted by Crippen LogP contribution is -2.28. The minimum absolute atomic E-state index is 0.485. The Morgan fingerprint density at radius 2 is 2.14 bits per heavy atom. The predicted molar refractivity (Wildman–Crippen MR) is 63.0 cm³/mol. The molecular formula is C12H18ClN. The molecule has 0 saturated heterocycles. The molecule has 0 saturated carbocycles. The molecule has 0 radical (unpaired) electrons. The highest BCUT2D eigenvalue weighted by Crippen LogP contribution is 2.25. The van der Waals surface area contributed by atoms with E-state index in [1.807, 2.05) is 19.2 Å². The first-order valence-corrected chi connectivity index (χ1v) is 5.49. The van der Waals surface area contributed by atoms with E-state index in [0.717, 1.165) is 11.4 Å². The van der Waals surface area contributed by atoms with Gasteiger partial charge in [0.2, 0.25) is 0 Å². The number of nitrogens with one attached hydrogen (secondary N) is 1. The average Bonchev–Trinajstić information content (AvgIpc) is 2.19. The van der Waals surface area contributed by atoms with Gasteiger partial charge in [0.15, 0.2) is 0 Å². The number of halogens is 1. The highest BCUT2D eigenvalue weighted by atomic mass is 35.5. The van der Waals surface area contributed by atoms with Gasteiger partial charge in [-0.2, -0.15) is 0 Å². The molecule has 1 nitrogen and oxygen atoms in total. The molecule has 2 atom stereocenters. The third-order valence-corrected chi connectivity index (χ3v) is 3.01. The summed E-state index contributed by atoms with van der Waals surface area (Å²) in [4.78, 5) is 0. The van der Waals surface area contributed by atoms with Crippen LogP contribution in [0.15, 0.2) is 24.3 Å². The molecule has 14 heavy (non-hydrogen) atoms. The van der Waals surface area contributed by atoms with Gasteiger partial charge in [-0.1, -0.05) is 30.7 Å². The molecule has 0 spiro atoms. The third-order valence-electron chi connectivity index (χ3n) is 2.78. The Kier molecular flexibility index (Phi) is 4.43. The summed E-state index contributed by atoms with van der Waals surface area (Å²) in [7, 11) is 2.00. The number of hydrogen-bond donors (Lipinski definition) is 1. The lowest BCUT2D eigenvalue weighted by molar-refractivity contribution is 0.483. The second-order valence-electron chi connectivity index (χ2n) is 3.65. The summed E-state index contributed by atoms with van der Waals surface area (Å²) in [6.07, 6.45) is 1.13. The van der Waals surface area contributed by atoms with Crippen LogP contribution in [0.2, 0.25) is 5.02 Å². The molecule has 0 heterocycles. The molecule has 0 aliphatic carbocycles. The largest absolute Gasteiger partial charge is 0.317 e. The molecule has 0 aliphatic rings. The Morgan fingerprint density at radius 3 is 2.64 bits per heavy atom. The van der Waals surface area contributed by atoms with E-state index in [1.54, 1.807) is 0 Å². The minimum Gasteiger partial charge on any atom is -0.317 e. The normalized spacial score (nSPS) is 15.1. The van der Waals surface area contributed by atoms with Crippen molar-refractivity contribution in [3.8, 4) is 0 Å². The Labute approximate surface area is 91.5 Å². The fourth-order valence-electron chi connectivity index (χ4n) is 1.82. The van der Waals surface area contributed by atoms with Crippen molar-refractivity contribution in [3.63, 3.8) is 0 Å². The number of rotatable bonds is 4. The van der Waals surface area contributed by atoms with Crippen LogP contribution in [0.5, 0.6) is 0 Å². The quantitative estimate of drug-likeness (QED) is 0.805. The van der Waals surface area contributed by atoms with Crippen LogP contribution in [0.25, 0.3) is 0 Å². The van der Waals surface area contributed by atoms with Crippen LogP contribution >= 0.6 is 11.6 Å². The van der Waals surface area contributed by atoms with E-state index in [9.17, 15) is 0 Å². The molecule has 78 valence electrons. The number of hydrogen-bond acceptors (Lipinski definition) is 1. The molecule has 0 aromatic heterocycles. The van der Waals surface area contributed by atoms with Crippen molar-refractivity contribution in [2.45, 2.75) is 32.2 Å². The Hall–Kier alpha value is -0.530. The first kappa shape index (κ1) is 11.5. The van der Waals surface area contributed by atoms with E-state index in [1.165, 1.54) is 5.56 Å². The van der Waals surface area contributed by atoms with Crippen LogP contribution in [0.1, 0.15) is 31.7 Å². The molecule has 0 bridgehead atoms. The zero-order chi connectivity index (χ0) is 10.6. The SMILES string of the molecule is CCC(c1cccc(Cl)c1)C(C)NC. The Bertz CT molecular complexity index is 285. The van der Waals surface area contributed by atoms with E-state index in [0.29, 0.717) is 12.0 Å². The maximum Gasteiger partial charge on any atom is 0.0408 e. The molecule has 2 unspecified atom stereocenters. The number of likely N-dealkylation sites (N-methyl/N-ethyl adjacent to an activating group) is 1. The van der Waals surface area contributed by atoms with Crippen LogP contribution in [0, 0.1) is 0 Å². The van der Waals surface area contributed by atoms with E-state index in [-0.39, 0.29) is 0 Å². The predicted octanol–water partition coefficient (Wildman–Crippen LogP) is 3.44. The molecular weight excluding hydrogens is 194 g/mol. The van der Waals surface area contributed by atoms with Gasteiger partial charge in [-0.3, -0.25) is 0 Å². The maximum absolute atomic E-state index is 5.97. The van der Waals surface area contributed by atoms with Gasteiger partial charge < -0.3 is 5.32 Å². The van der Waals surface area contributed by atoms with Gasteiger partial charge in [0.25, 0.3) is 0 Å². The van der Waals surface area contributed by atoms with Gasteiger partial charge in [-0.25, -0.2) is 0 Å². The van der Waals surface area contributed by atoms with Gasteiger partial charge in [0, 0.05) is 11.1 Å². The van der Waals surface area contributed by atoms with Crippen LogP contribution in [-0.2, 0) is 0 Å². The number of benzene rings is 1. The topological polar surface area (TPSA) is 12.0 Å². The zero-order valence-corrected chi connectivity index (χ0v) is 9.81. The molecule has 0 aliphatic heterocycles. The maximum atomic E-state index is 5.97. The third kappa shape index (κ3) is 2.73. The van der Waals surface area contributed by atoms with E-state index in [2.05, 4.69) is 31.3 Å². The minimum atomic E-state index is 0.485. The molecule has 0 amide bonds. The average molecular weight is 212 g/mol. The summed E-state index contributed by atoms with van der Waals surface area (Å²) in [5, 5.41) is 4.11. The van der Waals surface area contributed by atoms with E-state index in [4.69, 9.17) is 11.6 Å². The summed E-state index contributed by atoms with van der Waals surface area (Å²) in [6.45, 7) is 4.41. The second kappa shape index (κ2) is 5.38. The van der Waals surface area contributed by atoms with E-state index >= 15 is 0 Å². The summed E-state index contributed by atoms with van der Waals surface area (Å²) in [6, 6.07) is 8.63. The van der Waals surface area contributed by atoms with Crippen molar-refractivity contribution in [2.24, 2.45) is 0 Å². The van der Waals surface area contributed by atoms with Crippen molar-refractivity contribution < 1.29 is 0 Å². The zero-order valence-electron chi connectivity index (χ0n) is 9.05. The fourth-order valence-corrected chi connectivity index (χ4v) is 2.02. The van der Waals surface area contributed by atoms with Gasteiger partial charge in [-0.15, -0.1) is 0 Å². The molecule has 1 aromatic carbocycles. The Balaban J connectivity index is 2.89. The summed E-state index contributed by atoms with van der Waals surface area (Å²) in [5.41, 5.74) is 1.32. The van der Waals surface area contributed by atoms with Crippen LogP contribution in [0.4, 0.5) is 0 Å². The first-order valence-electron chi connectivity index (χ1n) is 5.11. The Morgan fingerprint density at radius 1 is 1.43 bits per heavy atom. The van der Waals surface area contributed by atoms with Crippen molar-refractivity contribution in [1.82, 2.24) is 5.32 Å². The first-order chi connectivity index (χ1) is 6.69. The monoisotopic (exact) mass is 211 g/mol. The van der Waals surface area contributed by atoms with Crippen LogP contribution in [-0.4, -0.2) is 13.1 Å². The van der Waals surface area contributed by atoms with Gasteiger partial charge in [0.05, 0.1) is 0 Å². The van der Waals surface area contributed by atoms with Crippen molar-refractivity contribution in [3.05, 3.63) is 34.9 Å². The van der Waals surface area contributed by atoms with E-state index < -0.39 is 0 Å². The summed E-state index contributed by atoms with van der Waals surface area (Å²) in [5.74, 6) is 0.540. The molecule has 0 fully saturated rings. The summed E-state index contributed by atoms with van der Waals surface area (Å²) < 4.78 is 0. The second-order valence-corrected chi connectivity index (χ2v) is 4.08. The summed E-state index contributed by atoms with van der Waals surface area (Å²) >= 11 is 5.97. The van der Waals surface area contributed by atoms with Gasteiger partial charge >= 0.3 is 0 Å². The molecule has 1 aromatic rings. The van der Waals surface area contributed by atoms with Crippen LogP contribution < -0.4 is 5.32 Å². The van der Waals surface area contributed by atoms with Crippen molar-refractivity contribution in [2.75, 3.05) is 7.05 Å². The van der Waals surface area contributed by atoms with Crippen molar-refractivity contribution >= 4 is 11.6 Å². The van der Waals surface area contributed by atoms with Crippen LogP contribution in [0.3, 0.4) is 0 Å². The highest BCUT2D eigenvalue weighted by molar-refractivity contribution is 6.30. The fraction of sp³-hybridized carbons (Fsp3) is 0.500.